The Morgan fingerprint density at radius 2 is 1.91 bits per heavy atom. The zero-order chi connectivity index (χ0) is 22.3. The second kappa shape index (κ2) is 10.6. The van der Waals surface area contributed by atoms with Gasteiger partial charge in [0.1, 0.15) is 11.5 Å². The van der Waals surface area contributed by atoms with Crippen molar-refractivity contribution in [3.8, 4) is 11.5 Å². The first-order valence-corrected chi connectivity index (χ1v) is 11.5. The second-order valence-corrected chi connectivity index (χ2v) is 8.54. The number of urea groups is 1. The summed E-state index contributed by atoms with van der Waals surface area (Å²) in [7, 11) is 0. The van der Waals surface area contributed by atoms with E-state index < -0.39 is 0 Å². The summed E-state index contributed by atoms with van der Waals surface area (Å²) in [5, 5.41) is 6.59. The molecule has 0 atom stereocenters. The van der Waals surface area contributed by atoms with Gasteiger partial charge in [-0.1, -0.05) is 30.9 Å². The predicted molar refractivity (Wildman–Crippen MR) is 125 cm³/mol. The highest BCUT2D eigenvalue weighted by molar-refractivity contribution is 6.30. The van der Waals surface area contributed by atoms with Gasteiger partial charge in [0.15, 0.2) is 6.61 Å². The van der Waals surface area contributed by atoms with Gasteiger partial charge in [-0.15, -0.1) is 0 Å². The summed E-state index contributed by atoms with van der Waals surface area (Å²) in [4.78, 5) is 26.6. The molecule has 8 heteroatoms. The van der Waals surface area contributed by atoms with Crippen molar-refractivity contribution in [1.29, 1.82) is 0 Å². The van der Waals surface area contributed by atoms with Crippen LogP contribution in [-0.4, -0.2) is 37.7 Å². The summed E-state index contributed by atoms with van der Waals surface area (Å²) in [6.07, 6.45) is 6.23. The Labute approximate surface area is 193 Å². The molecule has 2 aliphatic rings. The van der Waals surface area contributed by atoms with Gasteiger partial charge in [0, 0.05) is 23.3 Å². The fourth-order valence-electron chi connectivity index (χ4n) is 4.07. The molecule has 2 N–H and O–H groups in total. The molecule has 2 aromatic rings. The molecule has 32 heavy (non-hydrogen) atoms. The Balaban J connectivity index is 1.34. The second-order valence-electron chi connectivity index (χ2n) is 8.11. The van der Waals surface area contributed by atoms with Crippen LogP contribution >= 0.6 is 11.6 Å². The topological polar surface area (TPSA) is 79.9 Å². The van der Waals surface area contributed by atoms with Crippen molar-refractivity contribution in [2.45, 2.75) is 44.6 Å². The lowest BCUT2D eigenvalue weighted by molar-refractivity contribution is -0.121. The first-order valence-electron chi connectivity index (χ1n) is 11.1. The standard InChI is InChI=1S/C24H28ClN3O4/c25-17-7-10-20(11-8-17)31-14-4-13-28-21-15-19(9-12-22(21)32-16-23(28)29)27-24(30)26-18-5-2-1-3-6-18/h7-12,15,18H,1-6,13-14,16H2,(H2,26,27,30). The molecule has 1 heterocycles. The van der Waals surface area contributed by atoms with Crippen LogP contribution < -0.4 is 25.0 Å². The van der Waals surface area contributed by atoms with Gasteiger partial charge in [0.05, 0.1) is 12.3 Å². The van der Waals surface area contributed by atoms with Gasteiger partial charge in [0.25, 0.3) is 5.91 Å². The van der Waals surface area contributed by atoms with Crippen LogP contribution in [-0.2, 0) is 4.79 Å². The molecule has 4 rings (SSSR count). The Morgan fingerprint density at radius 3 is 2.69 bits per heavy atom. The third-order valence-electron chi connectivity index (χ3n) is 5.71. The maximum Gasteiger partial charge on any atom is 0.319 e. The first kappa shape index (κ1) is 22.3. The number of amides is 3. The van der Waals surface area contributed by atoms with E-state index in [2.05, 4.69) is 10.6 Å². The van der Waals surface area contributed by atoms with E-state index in [1.54, 1.807) is 35.2 Å². The van der Waals surface area contributed by atoms with E-state index in [4.69, 9.17) is 21.1 Å². The monoisotopic (exact) mass is 457 g/mol. The van der Waals surface area contributed by atoms with Gasteiger partial charge >= 0.3 is 6.03 Å². The molecule has 0 bridgehead atoms. The average molecular weight is 458 g/mol. The summed E-state index contributed by atoms with van der Waals surface area (Å²) in [5.74, 6) is 1.24. The average Bonchev–Trinajstić information content (AvgIpc) is 2.79. The molecular formula is C24H28ClN3O4. The van der Waals surface area contributed by atoms with E-state index in [1.165, 1.54) is 6.42 Å². The molecule has 3 amide bonds. The smallest absolute Gasteiger partial charge is 0.319 e. The first-order chi connectivity index (χ1) is 15.6. The molecule has 170 valence electrons. The summed E-state index contributed by atoms with van der Waals surface area (Å²) < 4.78 is 11.3. The van der Waals surface area contributed by atoms with E-state index in [-0.39, 0.29) is 24.6 Å². The summed E-state index contributed by atoms with van der Waals surface area (Å²) >= 11 is 5.89. The fourth-order valence-corrected chi connectivity index (χ4v) is 4.19. The highest BCUT2D eigenvalue weighted by Crippen LogP contribution is 2.34. The minimum absolute atomic E-state index is 0.0000170. The molecule has 7 nitrogen and oxygen atoms in total. The number of fused-ring (bicyclic) bond motifs is 1. The number of carbonyl (C=O) groups is 2. The van der Waals surface area contributed by atoms with Gasteiger partial charge in [-0.2, -0.15) is 0 Å². The van der Waals surface area contributed by atoms with Gasteiger partial charge in [-0.05, 0) is 61.7 Å². The van der Waals surface area contributed by atoms with Crippen molar-refractivity contribution in [1.82, 2.24) is 5.32 Å². The van der Waals surface area contributed by atoms with Crippen LogP contribution in [0.3, 0.4) is 0 Å². The molecule has 2 aromatic carbocycles. The zero-order valence-corrected chi connectivity index (χ0v) is 18.7. The number of hydrogen-bond donors (Lipinski definition) is 2. The predicted octanol–water partition coefficient (Wildman–Crippen LogP) is 4.99. The number of nitrogens with zero attached hydrogens (tertiary/aromatic N) is 1. The minimum Gasteiger partial charge on any atom is -0.494 e. The van der Waals surface area contributed by atoms with Crippen molar-refractivity contribution in [3.63, 3.8) is 0 Å². The zero-order valence-electron chi connectivity index (χ0n) is 17.9. The maximum atomic E-state index is 12.5. The Bertz CT molecular complexity index is 945. The summed E-state index contributed by atoms with van der Waals surface area (Å²) in [6.45, 7) is 0.948. The van der Waals surface area contributed by atoms with E-state index in [1.807, 2.05) is 12.1 Å². The number of carbonyl (C=O) groups excluding carboxylic acids is 2. The number of benzene rings is 2. The largest absolute Gasteiger partial charge is 0.494 e. The molecule has 1 aliphatic carbocycles. The molecular weight excluding hydrogens is 430 g/mol. The van der Waals surface area contributed by atoms with E-state index in [0.29, 0.717) is 41.7 Å². The van der Waals surface area contributed by atoms with Crippen molar-refractivity contribution in [2.75, 3.05) is 30.0 Å². The lowest BCUT2D eigenvalue weighted by atomic mass is 9.96. The SMILES string of the molecule is O=C(Nc1ccc2c(c1)N(CCCOc1ccc(Cl)cc1)C(=O)CO2)NC1CCCCC1. The number of anilines is 2. The van der Waals surface area contributed by atoms with Crippen LogP contribution in [0.15, 0.2) is 42.5 Å². The quantitative estimate of drug-likeness (QED) is 0.574. The Kier molecular flexibility index (Phi) is 7.37. The third kappa shape index (κ3) is 5.85. The molecule has 0 saturated heterocycles. The van der Waals surface area contributed by atoms with Crippen molar-refractivity contribution >= 4 is 34.9 Å². The summed E-state index contributed by atoms with van der Waals surface area (Å²) in [6, 6.07) is 12.5. The number of nitrogens with one attached hydrogen (secondary N) is 2. The van der Waals surface area contributed by atoms with Crippen molar-refractivity contribution in [2.24, 2.45) is 0 Å². The molecule has 0 aromatic heterocycles. The molecule has 0 spiro atoms. The number of halogens is 1. The number of rotatable bonds is 7. The molecule has 1 fully saturated rings. The van der Waals surface area contributed by atoms with Gasteiger partial charge in [-0.25, -0.2) is 4.79 Å². The normalized spacial score (nSPS) is 16.2. The van der Waals surface area contributed by atoms with Crippen LogP contribution in [0.2, 0.25) is 5.02 Å². The van der Waals surface area contributed by atoms with Gasteiger partial charge in [-0.3, -0.25) is 4.79 Å². The Morgan fingerprint density at radius 1 is 1.12 bits per heavy atom. The maximum absolute atomic E-state index is 12.5. The minimum atomic E-state index is -0.220. The van der Waals surface area contributed by atoms with Crippen LogP contribution in [0.1, 0.15) is 38.5 Å². The van der Waals surface area contributed by atoms with Gasteiger partial charge in [0.2, 0.25) is 0 Å². The van der Waals surface area contributed by atoms with Gasteiger partial charge < -0.3 is 25.0 Å². The number of hydrogen-bond acceptors (Lipinski definition) is 4. The molecule has 1 saturated carbocycles. The number of ether oxygens (including phenoxy) is 2. The Hall–Kier alpha value is -2.93. The van der Waals surface area contributed by atoms with Crippen LogP contribution in [0.25, 0.3) is 0 Å². The lowest BCUT2D eigenvalue weighted by Gasteiger charge is -2.30. The van der Waals surface area contributed by atoms with Crippen molar-refractivity contribution in [3.05, 3.63) is 47.5 Å². The molecule has 0 unspecified atom stereocenters. The molecule has 1 aliphatic heterocycles. The third-order valence-corrected chi connectivity index (χ3v) is 5.96. The van der Waals surface area contributed by atoms with Crippen molar-refractivity contribution < 1.29 is 19.1 Å². The van der Waals surface area contributed by atoms with Crippen LogP contribution in [0.5, 0.6) is 11.5 Å². The van der Waals surface area contributed by atoms with Crippen LogP contribution in [0, 0.1) is 0 Å². The fraction of sp³-hybridized carbons (Fsp3) is 0.417. The highest BCUT2D eigenvalue weighted by Gasteiger charge is 2.26. The highest BCUT2D eigenvalue weighted by atomic mass is 35.5. The van der Waals surface area contributed by atoms with E-state index >= 15 is 0 Å². The van der Waals surface area contributed by atoms with E-state index in [0.717, 1.165) is 31.4 Å². The molecule has 0 radical (unpaired) electrons. The van der Waals surface area contributed by atoms with E-state index in [9.17, 15) is 9.59 Å². The lowest BCUT2D eigenvalue weighted by Crippen LogP contribution is -2.40. The van der Waals surface area contributed by atoms with Crippen LogP contribution in [0.4, 0.5) is 16.2 Å². The summed E-state index contributed by atoms with van der Waals surface area (Å²) in [5.41, 5.74) is 1.28.